The minimum atomic E-state index is -3.95. The number of benzene rings is 2. The van der Waals surface area contributed by atoms with Gasteiger partial charge in [-0.3, -0.25) is 4.79 Å². The van der Waals surface area contributed by atoms with E-state index in [-0.39, 0.29) is 39.1 Å². The highest BCUT2D eigenvalue weighted by Gasteiger charge is 2.26. The largest absolute Gasteiger partial charge is 0.495 e. The van der Waals surface area contributed by atoms with E-state index in [0.29, 0.717) is 0 Å². The van der Waals surface area contributed by atoms with Crippen molar-refractivity contribution in [1.29, 1.82) is 0 Å². The Balaban J connectivity index is 1.91. The van der Waals surface area contributed by atoms with Gasteiger partial charge in [0.1, 0.15) is 10.6 Å². The molecule has 0 atom stereocenters. The normalized spacial score (nSPS) is 14.1. The predicted octanol–water partition coefficient (Wildman–Crippen LogP) is 3.13. The number of hydrogen-bond donors (Lipinski definition) is 2. The van der Waals surface area contributed by atoms with Gasteiger partial charge in [-0.1, -0.05) is 19.3 Å². The maximum absolute atomic E-state index is 13.1. The molecule has 35 heavy (non-hydrogen) atoms. The third-order valence-electron chi connectivity index (χ3n) is 5.68. The Labute approximate surface area is 204 Å². The molecule has 0 heterocycles. The fourth-order valence-electron chi connectivity index (χ4n) is 3.91. The summed E-state index contributed by atoms with van der Waals surface area (Å²) in [4.78, 5) is 36.8. The minimum Gasteiger partial charge on any atom is -0.495 e. The summed E-state index contributed by atoms with van der Waals surface area (Å²) in [6, 6.07) is 7.82. The van der Waals surface area contributed by atoms with Gasteiger partial charge in [-0.05, 0) is 49.2 Å². The molecule has 1 aliphatic carbocycles. The Morgan fingerprint density at radius 2 is 1.43 bits per heavy atom. The van der Waals surface area contributed by atoms with Crippen LogP contribution in [0.15, 0.2) is 41.3 Å². The molecule has 0 aliphatic heterocycles. The molecule has 1 aliphatic rings. The Morgan fingerprint density at radius 3 is 1.97 bits per heavy atom. The van der Waals surface area contributed by atoms with Crippen LogP contribution in [0.5, 0.6) is 5.75 Å². The van der Waals surface area contributed by atoms with Crippen molar-refractivity contribution in [2.75, 3.05) is 26.6 Å². The van der Waals surface area contributed by atoms with Crippen molar-refractivity contribution in [3.8, 4) is 5.75 Å². The highest BCUT2D eigenvalue weighted by molar-refractivity contribution is 7.89. The Morgan fingerprint density at radius 1 is 0.829 bits per heavy atom. The molecule has 10 nitrogen and oxygen atoms in total. The fraction of sp³-hybridized carbons (Fsp3) is 0.375. The van der Waals surface area contributed by atoms with E-state index in [0.717, 1.165) is 32.1 Å². The van der Waals surface area contributed by atoms with Crippen LogP contribution in [0, 0.1) is 0 Å². The quantitative estimate of drug-likeness (QED) is 0.523. The molecule has 0 saturated heterocycles. The summed E-state index contributed by atoms with van der Waals surface area (Å²) in [5, 5.41) is 2.58. The fourth-order valence-corrected chi connectivity index (χ4v) is 5.41. The molecule has 2 aromatic carbocycles. The lowest BCUT2D eigenvalue weighted by Crippen LogP contribution is -2.36. The predicted molar refractivity (Wildman–Crippen MR) is 127 cm³/mol. The zero-order chi connectivity index (χ0) is 25.6. The first-order valence-electron chi connectivity index (χ1n) is 11.0. The zero-order valence-corrected chi connectivity index (χ0v) is 20.6. The molecule has 188 valence electrons. The summed E-state index contributed by atoms with van der Waals surface area (Å²) in [5.41, 5.74) is 0.220. The molecule has 1 amide bonds. The first-order valence-corrected chi connectivity index (χ1v) is 12.5. The van der Waals surface area contributed by atoms with E-state index in [9.17, 15) is 22.8 Å². The Hall–Kier alpha value is -3.44. The van der Waals surface area contributed by atoms with E-state index in [1.807, 2.05) is 0 Å². The molecule has 1 saturated carbocycles. The molecule has 2 N–H and O–H groups in total. The van der Waals surface area contributed by atoms with Crippen molar-refractivity contribution in [1.82, 2.24) is 4.72 Å². The summed E-state index contributed by atoms with van der Waals surface area (Å²) in [5.74, 6) is -1.97. The van der Waals surface area contributed by atoms with Crippen LogP contribution < -0.4 is 14.8 Å². The van der Waals surface area contributed by atoms with Gasteiger partial charge in [0.05, 0.1) is 32.5 Å². The molecule has 11 heteroatoms. The van der Waals surface area contributed by atoms with Crippen LogP contribution in [0.4, 0.5) is 5.69 Å². The second-order valence-electron chi connectivity index (χ2n) is 8.06. The van der Waals surface area contributed by atoms with Gasteiger partial charge < -0.3 is 19.5 Å². The van der Waals surface area contributed by atoms with Gasteiger partial charge >= 0.3 is 11.9 Å². The number of carbonyl (C=O) groups is 3. The summed E-state index contributed by atoms with van der Waals surface area (Å²) in [6.07, 6.45) is 4.48. The number of sulfonamides is 1. The van der Waals surface area contributed by atoms with Gasteiger partial charge in [0.25, 0.3) is 5.91 Å². The molecule has 0 bridgehead atoms. The van der Waals surface area contributed by atoms with Crippen LogP contribution in [0.25, 0.3) is 0 Å². The van der Waals surface area contributed by atoms with Crippen LogP contribution in [-0.4, -0.2) is 53.6 Å². The number of ether oxygens (including phenoxy) is 3. The van der Waals surface area contributed by atoms with Gasteiger partial charge in [0, 0.05) is 17.3 Å². The SMILES string of the molecule is COC(=O)c1cc(NC(=O)c2ccc(OC)c(S(=O)(=O)NC3CCCCC3)c2)cc(C(=O)OC)c1. The van der Waals surface area contributed by atoms with Crippen molar-refractivity contribution in [2.24, 2.45) is 0 Å². The maximum Gasteiger partial charge on any atom is 0.337 e. The van der Waals surface area contributed by atoms with Crippen molar-refractivity contribution < 1.29 is 37.0 Å². The molecular formula is C24H28N2O8S. The highest BCUT2D eigenvalue weighted by Crippen LogP contribution is 2.28. The van der Waals surface area contributed by atoms with E-state index in [4.69, 9.17) is 14.2 Å². The number of rotatable bonds is 8. The third kappa shape index (κ3) is 6.37. The third-order valence-corrected chi connectivity index (χ3v) is 7.22. The van der Waals surface area contributed by atoms with Crippen molar-refractivity contribution >= 4 is 33.6 Å². The summed E-state index contributed by atoms with van der Waals surface area (Å²) in [7, 11) is -0.230. The van der Waals surface area contributed by atoms with Crippen LogP contribution >= 0.6 is 0 Å². The smallest absolute Gasteiger partial charge is 0.337 e. The van der Waals surface area contributed by atoms with Crippen LogP contribution in [0.3, 0.4) is 0 Å². The number of hydrogen-bond acceptors (Lipinski definition) is 8. The average Bonchev–Trinajstić information content (AvgIpc) is 2.87. The van der Waals surface area contributed by atoms with E-state index in [1.54, 1.807) is 0 Å². The zero-order valence-electron chi connectivity index (χ0n) is 19.8. The van der Waals surface area contributed by atoms with E-state index in [1.165, 1.54) is 57.7 Å². The molecule has 0 spiro atoms. The summed E-state index contributed by atoms with van der Waals surface area (Å²) >= 11 is 0. The topological polar surface area (TPSA) is 137 Å². The van der Waals surface area contributed by atoms with Crippen molar-refractivity contribution in [3.63, 3.8) is 0 Å². The van der Waals surface area contributed by atoms with Gasteiger partial charge in [0.2, 0.25) is 10.0 Å². The van der Waals surface area contributed by atoms with Crippen molar-refractivity contribution in [2.45, 2.75) is 43.0 Å². The lowest BCUT2D eigenvalue weighted by molar-refractivity contribution is 0.0598. The van der Waals surface area contributed by atoms with E-state index < -0.39 is 27.9 Å². The second kappa shape index (κ2) is 11.3. The summed E-state index contributed by atoms with van der Waals surface area (Å²) < 4.78 is 43.5. The number of amides is 1. The average molecular weight is 505 g/mol. The monoisotopic (exact) mass is 504 g/mol. The van der Waals surface area contributed by atoms with Crippen LogP contribution in [-0.2, 0) is 19.5 Å². The van der Waals surface area contributed by atoms with Crippen LogP contribution in [0.2, 0.25) is 0 Å². The minimum absolute atomic E-state index is 0.0281. The Kier molecular flexibility index (Phi) is 8.47. The molecule has 3 rings (SSSR count). The lowest BCUT2D eigenvalue weighted by Gasteiger charge is -2.23. The maximum atomic E-state index is 13.1. The molecule has 0 aromatic heterocycles. The Bertz CT molecular complexity index is 1190. The highest BCUT2D eigenvalue weighted by atomic mass is 32.2. The lowest BCUT2D eigenvalue weighted by atomic mass is 9.96. The number of methoxy groups -OCH3 is 3. The van der Waals surface area contributed by atoms with Gasteiger partial charge in [0.15, 0.2) is 0 Å². The first-order chi connectivity index (χ1) is 16.7. The number of carbonyl (C=O) groups excluding carboxylic acids is 3. The van der Waals surface area contributed by atoms with E-state index in [2.05, 4.69) is 10.0 Å². The molecule has 2 aromatic rings. The van der Waals surface area contributed by atoms with Gasteiger partial charge in [-0.15, -0.1) is 0 Å². The van der Waals surface area contributed by atoms with Crippen LogP contribution in [0.1, 0.15) is 63.2 Å². The van der Waals surface area contributed by atoms with E-state index >= 15 is 0 Å². The second-order valence-corrected chi connectivity index (χ2v) is 9.74. The van der Waals surface area contributed by atoms with Gasteiger partial charge in [-0.2, -0.15) is 0 Å². The first kappa shape index (κ1) is 26.2. The molecule has 1 fully saturated rings. The molecule has 0 radical (unpaired) electrons. The summed E-state index contributed by atoms with van der Waals surface area (Å²) in [6.45, 7) is 0. The number of nitrogens with one attached hydrogen (secondary N) is 2. The molecular weight excluding hydrogens is 476 g/mol. The standard InChI is InChI=1S/C24H28N2O8S/c1-32-20-10-9-15(14-21(20)35(30,31)26-18-7-5-4-6-8-18)22(27)25-19-12-16(23(28)33-2)11-17(13-19)24(29)34-3/h9-14,18,26H,4-8H2,1-3H3,(H,25,27). The number of anilines is 1. The van der Waals surface area contributed by atoms with Crippen molar-refractivity contribution in [3.05, 3.63) is 53.1 Å². The van der Waals surface area contributed by atoms with Gasteiger partial charge in [-0.25, -0.2) is 22.7 Å². The molecule has 0 unspecified atom stereocenters. The number of esters is 2.